The molecule has 0 aliphatic heterocycles. The van der Waals surface area contributed by atoms with Gasteiger partial charge < -0.3 is 10.1 Å². The molecule has 0 bridgehead atoms. The number of carbonyl (C=O) groups is 1. The van der Waals surface area contributed by atoms with Crippen LogP contribution in [0.4, 0.5) is 0 Å². The predicted octanol–water partition coefficient (Wildman–Crippen LogP) is 4.18. The van der Waals surface area contributed by atoms with Crippen molar-refractivity contribution in [2.24, 2.45) is 5.92 Å². The number of carbonyl (C=O) groups excluding carboxylic acids is 1. The summed E-state index contributed by atoms with van der Waals surface area (Å²) in [5.41, 5.74) is 1.86. The Bertz CT molecular complexity index is 1050. The van der Waals surface area contributed by atoms with Crippen LogP contribution in [0.3, 0.4) is 0 Å². The van der Waals surface area contributed by atoms with Gasteiger partial charge in [-0.3, -0.25) is 9.36 Å². The highest BCUT2D eigenvalue weighted by atomic mass is 32.2. The molecule has 1 atom stereocenters. The van der Waals surface area contributed by atoms with E-state index in [-0.39, 0.29) is 17.6 Å². The van der Waals surface area contributed by atoms with Gasteiger partial charge >= 0.3 is 0 Å². The monoisotopic (exact) mass is 408 g/mol. The summed E-state index contributed by atoms with van der Waals surface area (Å²) in [6, 6.07) is 17.8. The number of hydrogen-bond acceptors (Lipinski definition) is 5. The van der Waals surface area contributed by atoms with Crippen molar-refractivity contribution in [1.82, 2.24) is 14.9 Å². The number of methoxy groups -OCH3 is 1. The maximum atomic E-state index is 12.5. The Morgan fingerprint density at radius 3 is 2.59 bits per heavy atom. The molecule has 0 radical (unpaired) electrons. The minimum absolute atomic E-state index is 0.00493. The molecule has 150 valence electrons. The van der Waals surface area contributed by atoms with Gasteiger partial charge in [0.25, 0.3) is 0 Å². The maximum Gasteiger partial charge on any atom is 0.231 e. The second kappa shape index (κ2) is 8.58. The van der Waals surface area contributed by atoms with Crippen LogP contribution < -0.4 is 10.1 Å². The molecule has 3 aromatic rings. The highest BCUT2D eigenvalue weighted by Gasteiger charge is 2.30. The van der Waals surface area contributed by atoms with Gasteiger partial charge in [-0.2, -0.15) is 5.26 Å². The van der Waals surface area contributed by atoms with Gasteiger partial charge in [-0.1, -0.05) is 37.7 Å². The third kappa shape index (κ3) is 4.38. The molecule has 0 fully saturated rings. The molecule has 7 heteroatoms. The second-order valence-electron chi connectivity index (χ2n) is 7.22. The zero-order valence-corrected chi connectivity index (χ0v) is 17.8. The summed E-state index contributed by atoms with van der Waals surface area (Å²) in [6.45, 7) is 5.58. The fourth-order valence-electron chi connectivity index (χ4n) is 2.84. The van der Waals surface area contributed by atoms with Crippen molar-refractivity contribution in [2.75, 3.05) is 12.9 Å². The number of imidazole rings is 1. The van der Waals surface area contributed by atoms with Crippen LogP contribution in [0.5, 0.6) is 5.75 Å². The maximum absolute atomic E-state index is 12.5. The fraction of sp³-hybridized carbons (Fsp3) is 0.318. The summed E-state index contributed by atoms with van der Waals surface area (Å²) >= 11 is 1.35. The first kappa shape index (κ1) is 20.7. The topological polar surface area (TPSA) is 79.9 Å². The first-order valence-electron chi connectivity index (χ1n) is 9.35. The zero-order chi connectivity index (χ0) is 21.0. The summed E-state index contributed by atoms with van der Waals surface area (Å²) in [5, 5.41) is 13.0. The molecule has 0 saturated carbocycles. The second-order valence-corrected chi connectivity index (χ2v) is 8.16. The minimum atomic E-state index is -0.895. The molecule has 1 aromatic heterocycles. The largest absolute Gasteiger partial charge is 0.497 e. The summed E-state index contributed by atoms with van der Waals surface area (Å²) in [5.74, 6) is 0.756. The van der Waals surface area contributed by atoms with E-state index in [2.05, 4.69) is 11.4 Å². The fourth-order valence-corrected chi connectivity index (χ4v) is 3.67. The van der Waals surface area contributed by atoms with Crippen molar-refractivity contribution in [3.8, 4) is 17.5 Å². The van der Waals surface area contributed by atoms with E-state index in [4.69, 9.17) is 9.72 Å². The van der Waals surface area contributed by atoms with Gasteiger partial charge in [0.1, 0.15) is 11.3 Å². The number of fused-ring (bicyclic) bond motifs is 1. The molecule has 0 spiro atoms. The van der Waals surface area contributed by atoms with Crippen molar-refractivity contribution < 1.29 is 9.53 Å². The van der Waals surface area contributed by atoms with Crippen LogP contribution in [0.25, 0.3) is 16.7 Å². The Labute approximate surface area is 174 Å². The van der Waals surface area contributed by atoms with Gasteiger partial charge in [-0.25, -0.2) is 4.98 Å². The lowest BCUT2D eigenvalue weighted by atomic mass is 9.90. The van der Waals surface area contributed by atoms with Crippen molar-refractivity contribution in [2.45, 2.75) is 31.5 Å². The lowest BCUT2D eigenvalue weighted by Gasteiger charge is -2.27. The molecule has 2 aromatic carbocycles. The van der Waals surface area contributed by atoms with Crippen LogP contribution in [0.1, 0.15) is 20.8 Å². The molecule has 29 heavy (non-hydrogen) atoms. The molecule has 0 aliphatic carbocycles. The van der Waals surface area contributed by atoms with Gasteiger partial charge in [-0.15, -0.1) is 0 Å². The van der Waals surface area contributed by atoms with E-state index in [9.17, 15) is 10.1 Å². The van der Waals surface area contributed by atoms with Crippen LogP contribution in [-0.4, -0.2) is 33.9 Å². The summed E-state index contributed by atoms with van der Waals surface area (Å²) in [6.07, 6.45) is 0. The number of ether oxygens (including phenoxy) is 1. The molecular weight excluding hydrogens is 384 g/mol. The molecule has 0 aliphatic rings. The molecule has 1 amide bonds. The normalized spacial score (nSPS) is 13.1. The number of nitrogens with zero attached hydrogens (tertiary/aromatic N) is 3. The van der Waals surface area contributed by atoms with Gasteiger partial charge in [0, 0.05) is 5.69 Å². The van der Waals surface area contributed by atoms with Gasteiger partial charge in [0.05, 0.1) is 30.0 Å². The Kier molecular flexibility index (Phi) is 6.14. The first-order valence-corrected chi connectivity index (χ1v) is 10.3. The number of amides is 1. The molecule has 1 N–H and O–H groups in total. The molecule has 6 nitrogen and oxygen atoms in total. The van der Waals surface area contributed by atoms with E-state index < -0.39 is 5.54 Å². The van der Waals surface area contributed by atoms with Crippen LogP contribution >= 0.6 is 11.8 Å². The highest BCUT2D eigenvalue weighted by Crippen LogP contribution is 2.29. The smallest absolute Gasteiger partial charge is 0.231 e. The minimum Gasteiger partial charge on any atom is -0.497 e. The quantitative estimate of drug-likeness (QED) is 0.593. The number of nitrogens with one attached hydrogen (secondary N) is 1. The molecule has 0 unspecified atom stereocenters. The average Bonchev–Trinajstić information content (AvgIpc) is 3.10. The van der Waals surface area contributed by atoms with Gasteiger partial charge in [-0.05, 0) is 49.2 Å². The summed E-state index contributed by atoms with van der Waals surface area (Å²) < 4.78 is 7.28. The van der Waals surface area contributed by atoms with E-state index >= 15 is 0 Å². The van der Waals surface area contributed by atoms with Crippen LogP contribution in [0, 0.1) is 17.2 Å². The number of para-hydroxylation sites is 2. The molecule has 0 saturated heterocycles. The highest BCUT2D eigenvalue weighted by molar-refractivity contribution is 7.99. The van der Waals surface area contributed by atoms with E-state index in [0.29, 0.717) is 0 Å². The number of rotatable bonds is 7. The standard InChI is InChI=1S/C22H24N4O2S/c1-15(2)22(3,14-23)25-20(27)13-29-21-24-18-7-5-6-8-19(18)26(21)16-9-11-17(28-4)12-10-16/h5-12,15H,13H2,1-4H3,(H,25,27)/t22-/m1/s1. The Hall–Kier alpha value is -2.98. The Morgan fingerprint density at radius 2 is 1.97 bits per heavy atom. The van der Waals surface area contributed by atoms with Crippen molar-refractivity contribution in [3.05, 3.63) is 48.5 Å². The first-order chi connectivity index (χ1) is 13.9. The zero-order valence-electron chi connectivity index (χ0n) is 17.0. The van der Waals surface area contributed by atoms with E-state index in [0.717, 1.165) is 27.6 Å². The molecule has 3 rings (SSSR count). The van der Waals surface area contributed by atoms with Crippen LogP contribution in [0.15, 0.2) is 53.7 Å². The van der Waals surface area contributed by atoms with Crippen molar-refractivity contribution >= 4 is 28.7 Å². The molecular formula is C22H24N4O2S. The van der Waals surface area contributed by atoms with E-state index in [1.54, 1.807) is 14.0 Å². The number of benzene rings is 2. The number of nitriles is 1. The van der Waals surface area contributed by atoms with Crippen LogP contribution in [-0.2, 0) is 4.79 Å². The van der Waals surface area contributed by atoms with E-state index in [1.807, 2.05) is 66.9 Å². The Balaban J connectivity index is 1.88. The number of hydrogen-bond donors (Lipinski definition) is 1. The lowest BCUT2D eigenvalue weighted by Crippen LogP contribution is -2.49. The third-order valence-electron chi connectivity index (χ3n) is 4.98. The summed E-state index contributed by atoms with van der Waals surface area (Å²) in [4.78, 5) is 17.2. The number of aromatic nitrogens is 2. The van der Waals surface area contributed by atoms with Crippen LogP contribution in [0.2, 0.25) is 0 Å². The van der Waals surface area contributed by atoms with Gasteiger partial charge in [0.2, 0.25) is 5.91 Å². The average molecular weight is 409 g/mol. The predicted molar refractivity (Wildman–Crippen MR) is 115 cm³/mol. The van der Waals surface area contributed by atoms with E-state index in [1.165, 1.54) is 11.8 Å². The lowest BCUT2D eigenvalue weighted by molar-refractivity contribution is -0.120. The third-order valence-corrected chi connectivity index (χ3v) is 5.92. The SMILES string of the molecule is COc1ccc(-n2c(SCC(=O)N[C@](C)(C#N)C(C)C)nc3ccccc32)cc1. The van der Waals surface area contributed by atoms with Crippen molar-refractivity contribution in [1.29, 1.82) is 5.26 Å². The molecule has 1 heterocycles. The van der Waals surface area contributed by atoms with Gasteiger partial charge in [0.15, 0.2) is 5.16 Å². The van der Waals surface area contributed by atoms with Crippen molar-refractivity contribution in [3.63, 3.8) is 0 Å². The Morgan fingerprint density at radius 1 is 1.28 bits per heavy atom. The summed E-state index contributed by atoms with van der Waals surface area (Å²) in [7, 11) is 1.63. The number of thioether (sulfide) groups is 1.